The first-order valence-electron chi connectivity index (χ1n) is 20.7. The Kier molecular flexibility index (Phi) is 36.8. The fraction of sp³-hybridized carbons (Fsp3) is 0.925. The molecule has 0 radical (unpaired) electrons. The van der Waals surface area contributed by atoms with Crippen LogP contribution in [0.15, 0.2) is 0 Å². The van der Waals surface area contributed by atoms with E-state index in [2.05, 4.69) is 28.6 Å². The van der Waals surface area contributed by atoms with E-state index in [-0.39, 0.29) is 33.4 Å². The summed E-state index contributed by atoms with van der Waals surface area (Å²) in [7, 11) is 2.07. The summed E-state index contributed by atoms with van der Waals surface area (Å²) in [4.78, 5) is 36.5. The molecule has 0 spiro atoms. The first-order valence-corrected chi connectivity index (χ1v) is 22.2. The van der Waals surface area contributed by atoms with Gasteiger partial charge in [-0.1, -0.05) is 174 Å². The Bertz CT molecular complexity index is 817. The zero-order valence-corrected chi connectivity index (χ0v) is 34.3. The van der Waals surface area contributed by atoms with Crippen LogP contribution in [0.4, 0.5) is 0 Å². The molecule has 0 rings (SSSR count). The number of carboxylic acid groups (broad SMARTS) is 1. The SMILES string of the molecule is CCCCCCCCCCCCCCCCCC(=O)N[C@@H](CP=O)[C@H](OP)[C@@H](CCCCCCCCCCCCCC)OC(=O)CCC(=O)O. The molecule has 1 unspecified atom stereocenters. The van der Waals surface area contributed by atoms with Crippen molar-refractivity contribution in [3.63, 3.8) is 0 Å². The number of ether oxygens (including phenoxy) is 1. The van der Waals surface area contributed by atoms with E-state index in [0.717, 1.165) is 38.5 Å². The van der Waals surface area contributed by atoms with Crippen molar-refractivity contribution in [1.82, 2.24) is 5.32 Å². The molecule has 0 fully saturated rings. The smallest absolute Gasteiger partial charge is 0.306 e. The van der Waals surface area contributed by atoms with Crippen molar-refractivity contribution >= 4 is 35.8 Å². The molecule has 0 aromatic carbocycles. The summed E-state index contributed by atoms with van der Waals surface area (Å²) < 4.78 is 23.2. The van der Waals surface area contributed by atoms with E-state index in [4.69, 9.17) is 14.4 Å². The molecule has 50 heavy (non-hydrogen) atoms. The number of carbonyl (C=O) groups excluding carboxylic acids is 2. The maximum atomic E-state index is 12.9. The Labute approximate surface area is 311 Å². The Hall–Kier alpha value is -1.10. The van der Waals surface area contributed by atoms with Crippen molar-refractivity contribution in [1.29, 1.82) is 0 Å². The molecule has 0 heterocycles. The predicted molar refractivity (Wildman–Crippen MR) is 211 cm³/mol. The van der Waals surface area contributed by atoms with Crippen molar-refractivity contribution in [2.24, 2.45) is 0 Å². The summed E-state index contributed by atoms with van der Waals surface area (Å²) in [6.45, 7) is 4.50. The number of nitrogens with one attached hydrogen (secondary N) is 1. The van der Waals surface area contributed by atoms with Crippen LogP contribution in [0.5, 0.6) is 0 Å². The van der Waals surface area contributed by atoms with Gasteiger partial charge in [0, 0.05) is 15.9 Å². The van der Waals surface area contributed by atoms with Gasteiger partial charge in [0.15, 0.2) is 8.46 Å². The second-order valence-electron chi connectivity index (χ2n) is 14.4. The maximum absolute atomic E-state index is 12.9. The van der Waals surface area contributed by atoms with E-state index < -0.39 is 30.2 Å². The molecule has 1 amide bonds. The number of unbranched alkanes of at least 4 members (excludes halogenated alkanes) is 25. The number of hydrogen-bond donors (Lipinski definition) is 2. The monoisotopic (exact) mass is 746 g/mol. The zero-order valence-electron chi connectivity index (χ0n) is 32.3. The molecule has 2 N–H and O–H groups in total. The third-order valence-corrected chi connectivity index (χ3v) is 10.6. The lowest BCUT2D eigenvalue weighted by atomic mass is 9.99. The van der Waals surface area contributed by atoms with Crippen molar-refractivity contribution < 1.29 is 33.3 Å². The van der Waals surface area contributed by atoms with Crippen LogP contribution in [0.25, 0.3) is 0 Å². The van der Waals surface area contributed by atoms with Gasteiger partial charge in [0.25, 0.3) is 0 Å². The molecule has 0 aliphatic rings. The van der Waals surface area contributed by atoms with Gasteiger partial charge in [-0.2, -0.15) is 0 Å². The molecule has 0 saturated carbocycles. The minimum Gasteiger partial charge on any atom is -0.481 e. The molecule has 0 bridgehead atoms. The Morgan fingerprint density at radius 1 is 0.600 bits per heavy atom. The zero-order chi connectivity index (χ0) is 36.9. The summed E-state index contributed by atoms with van der Waals surface area (Å²) in [5.41, 5.74) is 0. The average Bonchev–Trinajstić information content (AvgIpc) is 3.09. The summed E-state index contributed by atoms with van der Waals surface area (Å²) in [6, 6.07) is -0.606. The molecule has 0 aliphatic carbocycles. The number of esters is 1. The lowest BCUT2D eigenvalue weighted by Crippen LogP contribution is -2.51. The van der Waals surface area contributed by atoms with Crippen molar-refractivity contribution in [2.75, 3.05) is 6.16 Å². The van der Waals surface area contributed by atoms with Crippen LogP contribution in [0, 0.1) is 0 Å². The number of rotatable bonds is 39. The van der Waals surface area contributed by atoms with Gasteiger partial charge in [0.2, 0.25) is 5.91 Å². The summed E-state index contributed by atoms with van der Waals surface area (Å²) in [6.07, 6.45) is 32.5. The third kappa shape index (κ3) is 31.6. The fourth-order valence-corrected chi connectivity index (χ4v) is 7.43. The first-order chi connectivity index (χ1) is 24.4. The lowest BCUT2D eigenvalue weighted by Gasteiger charge is -2.32. The van der Waals surface area contributed by atoms with Crippen LogP contribution in [-0.4, -0.2) is 47.4 Å². The Morgan fingerprint density at radius 2 is 1.00 bits per heavy atom. The van der Waals surface area contributed by atoms with Crippen molar-refractivity contribution in [3.8, 4) is 0 Å². The minimum absolute atomic E-state index is 0.123. The van der Waals surface area contributed by atoms with Gasteiger partial charge in [-0.05, 0) is 19.3 Å². The van der Waals surface area contributed by atoms with Crippen LogP contribution >= 0.6 is 17.9 Å². The standard InChI is InChI=1S/C40H77NO7P2/c1-3-5-7-9-11-13-15-17-18-19-21-23-25-27-29-31-37(42)41-35(34-50-46)40(48-49)36(47-39(45)33-32-38(43)44)30-28-26-24-22-20-16-14-12-10-8-6-4-2/h35-36,40H,3-34,49H2,1-2H3,(H,41,42)(H,43,44)/t35-,36+,40-/m0/s1. The maximum Gasteiger partial charge on any atom is 0.306 e. The van der Waals surface area contributed by atoms with Gasteiger partial charge in [0.05, 0.1) is 25.0 Å². The van der Waals surface area contributed by atoms with Crippen LogP contribution in [0.3, 0.4) is 0 Å². The van der Waals surface area contributed by atoms with E-state index >= 15 is 0 Å². The normalized spacial score (nSPS) is 13.3. The van der Waals surface area contributed by atoms with Crippen LogP contribution < -0.4 is 5.32 Å². The Morgan fingerprint density at radius 3 is 1.38 bits per heavy atom. The summed E-state index contributed by atoms with van der Waals surface area (Å²) in [5.74, 6) is -1.79. The highest BCUT2D eigenvalue weighted by atomic mass is 31.1. The van der Waals surface area contributed by atoms with E-state index in [9.17, 15) is 18.9 Å². The second-order valence-corrected chi connectivity index (χ2v) is 15.3. The molecule has 0 aromatic rings. The highest BCUT2D eigenvalue weighted by molar-refractivity contribution is 7.23. The molecule has 10 heteroatoms. The highest BCUT2D eigenvalue weighted by Crippen LogP contribution is 2.23. The van der Waals surface area contributed by atoms with Gasteiger partial charge < -0.3 is 19.7 Å². The third-order valence-electron chi connectivity index (χ3n) is 9.71. The topological polar surface area (TPSA) is 119 Å². The number of hydrogen-bond acceptors (Lipinski definition) is 6. The molecular weight excluding hydrogens is 668 g/mol. The lowest BCUT2D eigenvalue weighted by molar-refractivity contribution is -0.157. The molecule has 294 valence electrons. The van der Waals surface area contributed by atoms with Gasteiger partial charge in [0.1, 0.15) is 12.2 Å². The van der Waals surface area contributed by atoms with Gasteiger partial charge in [-0.15, -0.1) is 0 Å². The van der Waals surface area contributed by atoms with Crippen LogP contribution in [-0.2, 0) is 28.2 Å². The number of amides is 1. The van der Waals surface area contributed by atoms with E-state index in [1.54, 1.807) is 0 Å². The van der Waals surface area contributed by atoms with Gasteiger partial charge in [-0.25, -0.2) is 0 Å². The van der Waals surface area contributed by atoms with E-state index in [0.29, 0.717) is 12.8 Å². The van der Waals surface area contributed by atoms with Crippen LogP contribution in [0.1, 0.15) is 213 Å². The van der Waals surface area contributed by atoms with Gasteiger partial charge >= 0.3 is 11.9 Å². The van der Waals surface area contributed by atoms with Crippen molar-refractivity contribution in [3.05, 3.63) is 0 Å². The summed E-state index contributed by atoms with van der Waals surface area (Å²) >= 11 is 0. The molecule has 0 aliphatic heterocycles. The average molecular weight is 746 g/mol. The largest absolute Gasteiger partial charge is 0.481 e. The summed E-state index contributed by atoms with van der Waals surface area (Å²) in [5, 5.41) is 12.0. The second kappa shape index (κ2) is 37.7. The van der Waals surface area contributed by atoms with Crippen molar-refractivity contribution in [2.45, 2.75) is 231 Å². The number of carboxylic acids is 1. The molecule has 8 nitrogen and oxygen atoms in total. The molecule has 0 aromatic heterocycles. The number of aliphatic carboxylic acids is 1. The Balaban J connectivity index is 4.59. The predicted octanol–water partition coefficient (Wildman–Crippen LogP) is 12.1. The fourth-order valence-electron chi connectivity index (χ4n) is 6.60. The molecular formula is C40H77NO7P2. The first kappa shape index (κ1) is 48.9. The molecule has 0 saturated heterocycles. The number of carbonyl (C=O) groups is 3. The quantitative estimate of drug-likeness (QED) is 0.0365. The van der Waals surface area contributed by atoms with E-state index in [1.165, 1.54) is 135 Å². The van der Waals surface area contributed by atoms with E-state index in [1.807, 2.05) is 0 Å². The van der Waals surface area contributed by atoms with Crippen LogP contribution in [0.2, 0.25) is 0 Å². The van der Waals surface area contributed by atoms with Gasteiger partial charge in [-0.3, -0.25) is 18.9 Å². The highest BCUT2D eigenvalue weighted by Gasteiger charge is 2.33. The molecule has 4 atom stereocenters. The minimum atomic E-state index is -1.06.